The van der Waals surface area contributed by atoms with Crippen LogP contribution in [-0.4, -0.2) is 4.57 Å². The van der Waals surface area contributed by atoms with Gasteiger partial charge < -0.3 is 4.57 Å². The maximum absolute atomic E-state index is 3.82. The molecule has 1 nitrogen and oxygen atoms in total. The fourth-order valence-electron chi connectivity index (χ4n) is 1.28. The highest BCUT2D eigenvalue weighted by molar-refractivity contribution is 4.98. The topological polar surface area (TPSA) is 4.93 Å². The zero-order valence-corrected chi connectivity index (χ0v) is 7.20. The van der Waals surface area contributed by atoms with Crippen LogP contribution < -0.4 is 0 Å². The van der Waals surface area contributed by atoms with Crippen LogP contribution in [-0.2, 0) is 0 Å². The number of rotatable bonds is 3. The van der Waals surface area contributed by atoms with Crippen molar-refractivity contribution < 1.29 is 0 Å². The molecule has 0 spiro atoms. The van der Waals surface area contributed by atoms with Gasteiger partial charge in [-0.15, -0.1) is 6.58 Å². The summed E-state index contributed by atoms with van der Waals surface area (Å²) in [6, 6.07) is 4.52. The Morgan fingerprint density at radius 2 is 1.82 bits per heavy atom. The Bertz CT molecular complexity index is 209. The summed E-state index contributed by atoms with van der Waals surface area (Å²) in [5.41, 5.74) is 0. The van der Waals surface area contributed by atoms with E-state index in [2.05, 4.69) is 37.4 Å². The smallest absolute Gasteiger partial charge is 0.0530 e. The lowest BCUT2D eigenvalue weighted by Crippen LogP contribution is -2.10. The second-order valence-electron chi connectivity index (χ2n) is 3.10. The van der Waals surface area contributed by atoms with Gasteiger partial charge in [0.1, 0.15) is 0 Å². The molecule has 0 aliphatic rings. The minimum atomic E-state index is 0.435. The van der Waals surface area contributed by atoms with Crippen LogP contribution in [0.25, 0.3) is 0 Å². The zero-order chi connectivity index (χ0) is 8.27. The van der Waals surface area contributed by atoms with Gasteiger partial charge in [-0.25, -0.2) is 0 Å². The summed E-state index contributed by atoms with van der Waals surface area (Å²) in [6.45, 7) is 8.22. The molecule has 0 saturated heterocycles. The van der Waals surface area contributed by atoms with E-state index in [9.17, 15) is 0 Å². The summed E-state index contributed by atoms with van der Waals surface area (Å²) in [5.74, 6) is 0.611. The van der Waals surface area contributed by atoms with Gasteiger partial charge in [-0.3, -0.25) is 0 Å². The molecule has 1 aromatic heterocycles. The van der Waals surface area contributed by atoms with E-state index in [-0.39, 0.29) is 0 Å². The highest BCUT2D eigenvalue weighted by Gasteiger charge is 2.08. The largest absolute Gasteiger partial charge is 0.347 e. The van der Waals surface area contributed by atoms with Crippen LogP contribution in [0.4, 0.5) is 0 Å². The van der Waals surface area contributed by atoms with Gasteiger partial charge in [-0.2, -0.15) is 0 Å². The summed E-state index contributed by atoms with van der Waals surface area (Å²) in [6.07, 6.45) is 6.14. The third kappa shape index (κ3) is 1.73. The second-order valence-corrected chi connectivity index (χ2v) is 3.10. The Morgan fingerprint density at radius 3 is 2.18 bits per heavy atom. The summed E-state index contributed by atoms with van der Waals surface area (Å²) in [4.78, 5) is 0. The van der Waals surface area contributed by atoms with E-state index in [1.807, 2.05) is 18.2 Å². The highest BCUT2D eigenvalue weighted by atomic mass is 15.0. The van der Waals surface area contributed by atoms with Crippen molar-refractivity contribution in [2.45, 2.75) is 19.9 Å². The van der Waals surface area contributed by atoms with Crippen LogP contribution in [0, 0.1) is 5.92 Å². The summed E-state index contributed by atoms with van der Waals surface area (Å²) in [7, 11) is 0. The van der Waals surface area contributed by atoms with Crippen molar-refractivity contribution in [2.24, 2.45) is 5.92 Å². The SMILES string of the molecule is C=C[C@@H](C(C)C)n1cccc1. The van der Waals surface area contributed by atoms with Crippen LogP contribution >= 0.6 is 0 Å². The molecule has 0 aliphatic carbocycles. The third-order valence-corrected chi connectivity index (χ3v) is 1.90. The number of nitrogens with zero attached hydrogens (tertiary/aromatic N) is 1. The number of hydrogen-bond acceptors (Lipinski definition) is 0. The molecule has 11 heavy (non-hydrogen) atoms. The third-order valence-electron chi connectivity index (χ3n) is 1.90. The van der Waals surface area contributed by atoms with E-state index >= 15 is 0 Å². The van der Waals surface area contributed by atoms with Gasteiger partial charge in [0, 0.05) is 12.4 Å². The Balaban J connectivity index is 2.79. The van der Waals surface area contributed by atoms with Crippen molar-refractivity contribution in [2.75, 3.05) is 0 Å². The van der Waals surface area contributed by atoms with E-state index in [1.54, 1.807) is 0 Å². The Hall–Kier alpha value is -0.980. The molecule has 60 valence electrons. The molecule has 0 amide bonds. The van der Waals surface area contributed by atoms with Crippen LogP contribution in [0.1, 0.15) is 19.9 Å². The minimum Gasteiger partial charge on any atom is -0.347 e. The molecular weight excluding hydrogens is 134 g/mol. The lowest BCUT2D eigenvalue weighted by molar-refractivity contribution is 0.452. The van der Waals surface area contributed by atoms with Gasteiger partial charge in [0.05, 0.1) is 6.04 Å². The number of aromatic nitrogens is 1. The molecule has 0 aromatic carbocycles. The van der Waals surface area contributed by atoms with Crippen molar-refractivity contribution in [1.29, 1.82) is 0 Å². The molecule has 1 heteroatoms. The van der Waals surface area contributed by atoms with Crippen molar-refractivity contribution in [3.8, 4) is 0 Å². The van der Waals surface area contributed by atoms with Gasteiger partial charge in [0.2, 0.25) is 0 Å². The van der Waals surface area contributed by atoms with E-state index in [0.29, 0.717) is 12.0 Å². The molecule has 0 bridgehead atoms. The quantitative estimate of drug-likeness (QED) is 0.582. The van der Waals surface area contributed by atoms with E-state index < -0.39 is 0 Å². The predicted octanol–water partition coefficient (Wildman–Crippen LogP) is 2.87. The Morgan fingerprint density at radius 1 is 1.27 bits per heavy atom. The molecule has 0 aliphatic heterocycles. The fraction of sp³-hybridized carbons (Fsp3) is 0.400. The average Bonchev–Trinajstić information content (AvgIpc) is 2.40. The van der Waals surface area contributed by atoms with Gasteiger partial charge >= 0.3 is 0 Å². The lowest BCUT2D eigenvalue weighted by Gasteiger charge is -2.18. The molecule has 1 aromatic rings. The van der Waals surface area contributed by atoms with Crippen molar-refractivity contribution in [3.05, 3.63) is 37.2 Å². The normalized spacial score (nSPS) is 13.4. The second kappa shape index (κ2) is 3.42. The first-order valence-corrected chi connectivity index (χ1v) is 4.00. The summed E-state index contributed by atoms with van der Waals surface area (Å²) in [5, 5.41) is 0. The number of hydrogen-bond donors (Lipinski definition) is 0. The van der Waals surface area contributed by atoms with Crippen molar-refractivity contribution >= 4 is 0 Å². The van der Waals surface area contributed by atoms with Crippen LogP contribution in [0.15, 0.2) is 37.2 Å². The summed E-state index contributed by atoms with van der Waals surface area (Å²) >= 11 is 0. The molecule has 1 rings (SSSR count). The first-order valence-electron chi connectivity index (χ1n) is 4.00. The highest BCUT2D eigenvalue weighted by Crippen LogP contribution is 2.17. The lowest BCUT2D eigenvalue weighted by atomic mass is 10.1. The molecule has 0 unspecified atom stereocenters. The molecular formula is C10H15N. The fourth-order valence-corrected chi connectivity index (χ4v) is 1.28. The monoisotopic (exact) mass is 149 g/mol. The number of allylic oxidation sites excluding steroid dienone is 1. The van der Waals surface area contributed by atoms with Gasteiger partial charge in [-0.1, -0.05) is 19.9 Å². The molecule has 0 N–H and O–H groups in total. The molecule has 1 atom stereocenters. The van der Waals surface area contributed by atoms with E-state index in [1.165, 1.54) is 0 Å². The predicted molar refractivity (Wildman–Crippen MR) is 48.5 cm³/mol. The van der Waals surface area contributed by atoms with Crippen molar-refractivity contribution in [1.82, 2.24) is 4.57 Å². The summed E-state index contributed by atoms with van der Waals surface area (Å²) < 4.78 is 2.18. The Labute approximate surface area is 68.4 Å². The van der Waals surface area contributed by atoms with Gasteiger partial charge in [0.25, 0.3) is 0 Å². The molecule has 0 radical (unpaired) electrons. The Kier molecular flexibility index (Phi) is 2.53. The molecule has 0 saturated carbocycles. The first kappa shape index (κ1) is 8.12. The van der Waals surface area contributed by atoms with Gasteiger partial charge in [0.15, 0.2) is 0 Å². The average molecular weight is 149 g/mol. The maximum Gasteiger partial charge on any atom is 0.0530 e. The van der Waals surface area contributed by atoms with E-state index in [0.717, 1.165) is 0 Å². The standard InChI is InChI=1S/C10H15N/c1-4-10(9(2)3)11-7-5-6-8-11/h4-10H,1H2,2-3H3/t10-/m0/s1. The van der Waals surface area contributed by atoms with Crippen LogP contribution in [0.3, 0.4) is 0 Å². The molecule has 0 fully saturated rings. The van der Waals surface area contributed by atoms with Gasteiger partial charge in [-0.05, 0) is 18.1 Å². The first-order chi connectivity index (χ1) is 5.25. The maximum atomic E-state index is 3.82. The van der Waals surface area contributed by atoms with Crippen molar-refractivity contribution in [3.63, 3.8) is 0 Å². The van der Waals surface area contributed by atoms with E-state index in [4.69, 9.17) is 0 Å². The van der Waals surface area contributed by atoms with Crippen LogP contribution in [0.5, 0.6) is 0 Å². The molecule has 1 heterocycles. The zero-order valence-electron chi connectivity index (χ0n) is 7.20. The van der Waals surface area contributed by atoms with Crippen LogP contribution in [0.2, 0.25) is 0 Å². The minimum absolute atomic E-state index is 0.435.